The summed E-state index contributed by atoms with van der Waals surface area (Å²) in [5.74, 6) is 0. The van der Waals surface area contributed by atoms with Crippen LogP contribution in [0.2, 0.25) is 0 Å². The van der Waals surface area contributed by atoms with Crippen LogP contribution in [0.4, 0.5) is 0 Å². The Morgan fingerprint density at radius 2 is 2.12 bits per heavy atom. The molecule has 1 saturated carbocycles. The average Bonchev–Trinajstić information content (AvgIpc) is 2.68. The zero-order valence-electron chi connectivity index (χ0n) is 9.82. The lowest BCUT2D eigenvalue weighted by Crippen LogP contribution is -2.54. The van der Waals surface area contributed by atoms with Crippen LogP contribution in [0.1, 0.15) is 24.8 Å². The normalized spacial score (nSPS) is 28.2. The van der Waals surface area contributed by atoms with Gasteiger partial charge in [0.25, 0.3) is 0 Å². The first-order chi connectivity index (χ1) is 8.16. The van der Waals surface area contributed by atoms with E-state index in [9.17, 15) is 5.11 Å². The number of nitrogens with two attached hydrogens (primary N) is 1. The molecule has 0 saturated heterocycles. The van der Waals surface area contributed by atoms with E-state index in [-0.39, 0.29) is 11.6 Å². The highest BCUT2D eigenvalue weighted by Crippen LogP contribution is 2.34. The van der Waals surface area contributed by atoms with Crippen LogP contribution in [0.3, 0.4) is 0 Å². The Morgan fingerprint density at radius 3 is 2.88 bits per heavy atom. The van der Waals surface area contributed by atoms with Crippen molar-refractivity contribution in [2.24, 2.45) is 5.73 Å². The fraction of sp³-hybridized carbons (Fsp3) is 0.429. The van der Waals surface area contributed by atoms with E-state index in [1.165, 1.54) is 16.5 Å². The highest BCUT2D eigenvalue weighted by Gasteiger charge is 2.39. The van der Waals surface area contributed by atoms with Crippen LogP contribution in [-0.2, 0) is 6.42 Å². The Labute approximate surface area is 101 Å². The van der Waals surface area contributed by atoms with Crippen LogP contribution < -0.4 is 5.73 Å². The van der Waals surface area contributed by atoms with E-state index in [2.05, 4.69) is 29.4 Å². The fourth-order valence-electron chi connectivity index (χ4n) is 2.80. The molecule has 0 bridgehead atoms. The molecule has 0 aliphatic heterocycles. The molecule has 1 heterocycles. The van der Waals surface area contributed by atoms with Crippen molar-refractivity contribution in [1.82, 2.24) is 4.98 Å². The molecule has 3 rings (SSSR count). The van der Waals surface area contributed by atoms with Crippen LogP contribution in [0, 0.1) is 0 Å². The van der Waals surface area contributed by atoms with Crippen molar-refractivity contribution < 1.29 is 5.11 Å². The number of nitrogens with one attached hydrogen (secondary N) is 1. The maximum Gasteiger partial charge on any atom is 0.0575 e. The lowest BCUT2D eigenvalue weighted by atomic mass is 9.72. The second-order valence-corrected chi connectivity index (χ2v) is 5.28. The Hall–Kier alpha value is -1.32. The minimum Gasteiger partial charge on any atom is -0.393 e. The Morgan fingerprint density at radius 1 is 1.35 bits per heavy atom. The first-order valence-corrected chi connectivity index (χ1v) is 6.18. The molecule has 0 amide bonds. The van der Waals surface area contributed by atoms with E-state index >= 15 is 0 Å². The first kappa shape index (κ1) is 10.8. The van der Waals surface area contributed by atoms with Gasteiger partial charge in [-0.2, -0.15) is 0 Å². The summed E-state index contributed by atoms with van der Waals surface area (Å²) >= 11 is 0. The molecular formula is C14H18N2O. The zero-order chi connectivity index (χ0) is 11.9. The van der Waals surface area contributed by atoms with Gasteiger partial charge in [0.1, 0.15) is 0 Å². The number of hydrogen-bond donors (Lipinski definition) is 3. The quantitative estimate of drug-likeness (QED) is 0.754. The van der Waals surface area contributed by atoms with Gasteiger partial charge in [0.15, 0.2) is 0 Å². The summed E-state index contributed by atoms with van der Waals surface area (Å²) in [7, 11) is 0. The van der Waals surface area contributed by atoms with Crippen LogP contribution in [-0.4, -0.2) is 21.7 Å². The lowest BCUT2D eigenvalue weighted by Gasteiger charge is -2.42. The minimum atomic E-state index is -0.178. The zero-order valence-corrected chi connectivity index (χ0v) is 9.82. The lowest BCUT2D eigenvalue weighted by molar-refractivity contribution is 0.0190. The highest BCUT2D eigenvalue weighted by molar-refractivity contribution is 5.83. The number of aliphatic hydroxyl groups is 1. The smallest absolute Gasteiger partial charge is 0.0575 e. The van der Waals surface area contributed by atoms with Gasteiger partial charge in [0.05, 0.1) is 6.10 Å². The summed E-state index contributed by atoms with van der Waals surface area (Å²) in [4.78, 5) is 3.28. The van der Waals surface area contributed by atoms with Crippen molar-refractivity contribution in [2.75, 3.05) is 0 Å². The van der Waals surface area contributed by atoms with Gasteiger partial charge in [-0.05, 0) is 37.3 Å². The Bertz CT molecular complexity index is 526. The number of H-pyrrole nitrogens is 1. The third kappa shape index (κ3) is 1.96. The van der Waals surface area contributed by atoms with Crippen LogP contribution >= 0.6 is 0 Å². The molecule has 0 atom stereocenters. The average molecular weight is 230 g/mol. The molecule has 90 valence electrons. The van der Waals surface area contributed by atoms with Gasteiger partial charge in [-0.15, -0.1) is 0 Å². The predicted molar refractivity (Wildman–Crippen MR) is 68.8 cm³/mol. The van der Waals surface area contributed by atoms with E-state index in [0.717, 1.165) is 25.7 Å². The van der Waals surface area contributed by atoms with E-state index in [1.807, 2.05) is 6.07 Å². The van der Waals surface area contributed by atoms with Crippen LogP contribution in [0.25, 0.3) is 10.9 Å². The molecule has 0 unspecified atom stereocenters. The van der Waals surface area contributed by atoms with Crippen molar-refractivity contribution in [1.29, 1.82) is 0 Å². The van der Waals surface area contributed by atoms with Gasteiger partial charge in [-0.3, -0.25) is 0 Å². The molecule has 1 aliphatic rings. The molecule has 1 fully saturated rings. The molecule has 1 aliphatic carbocycles. The standard InChI is InChI=1S/C14H18N2O/c15-14(7-11(17)8-14)6-5-10-9-16-13-4-2-1-3-12(10)13/h1-4,9,11,16-17H,5-8,15H2. The van der Waals surface area contributed by atoms with Gasteiger partial charge in [0.2, 0.25) is 0 Å². The number of benzene rings is 1. The van der Waals surface area contributed by atoms with Gasteiger partial charge in [-0.1, -0.05) is 18.2 Å². The number of hydrogen-bond acceptors (Lipinski definition) is 2. The fourth-order valence-corrected chi connectivity index (χ4v) is 2.80. The van der Waals surface area contributed by atoms with Crippen molar-refractivity contribution >= 4 is 10.9 Å². The Balaban J connectivity index is 1.73. The van der Waals surface area contributed by atoms with Gasteiger partial charge in [-0.25, -0.2) is 0 Å². The molecule has 3 heteroatoms. The number of para-hydroxylation sites is 1. The van der Waals surface area contributed by atoms with Crippen LogP contribution in [0.15, 0.2) is 30.5 Å². The van der Waals surface area contributed by atoms with Crippen molar-refractivity contribution in [2.45, 2.75) is 37.3 Å². The monoisotopic (exact) mass is 230 g/mol. The van der Waals surface area contributed by atoms with Crippen molar-refractivity contribution in [3.8, 4) is 0 Å². The largest absolute Gasteiger partial charge is 0.393 e. The molecule has 3 nitrogen and oxygen atoms in total. The molecule has 0 radical (unpaired) electrons. The van der Waals surface area contributed by atoms with E-state index in [0.29, 0.717) is 0 Å². The highest BCUT2D eigenvalue weighted by atomic mass is 16.3. The van der Waals surface area contributed by atoms with E-state index in [4.69, 9.17) is 5.73 Å². The second-order valence-electron chi connectivity index (χ2n) is 5.28. The first-order valence-electron chi connectivity index (χ1n) is 6.18. The molecule has 4 N–H and O–H groups in total. The summed E-state index contributed by atoms with van der Waals surface area (Å²) in [6.45, 7) is 0. The van der Waals surface area contributed by atoms with Crippen molar-refractivity contribution in [3.05, 3.63) is 36.0 Å². The number of aliphatic hydroxyl groups excluding tert-OH is 1. The molecular weight excluding hydrogens is 212 g/mol. The topological polar surface area (TPSA) is 62.0 Å². The summed E-state index contributed by atoms with van der Waals surface area (Å²) < 4.78 is 0. The van der Waals surface area contributed by atoms with E-state index in [1.54, 1.807) is 0 Å². The van der Waals surface area contributed by atoms with Crippen molar-refractivity contribution in [3.63, 3.8) is 0 Å². The number of aromatic nitrogens is 1. The maximum absolute atomic E-state index is 9.33. The molecule has 17 heavy (non-hydrogen) atoms. The Kier molecular flexibility index (Phi) is 2.45. The summed E-state index contributed by atoms with van der Waals surface area (Å²) in [6, 6.07) is 8.32. The molecule has 0 spiro atoms. The number of aromatic amines is 1. The summed E-state index contributed by atoms with van der Waals surface area (Å²) in [6.07, 6.45) is 5.32. The summed E-state index contributed by atoms with van der Waals surface area (Å²) in [5.41, 5.74) is 8.55. The summed E-state index contributed by atoms with van der Waals surface area (Å²) in [5, 5.41) is 10.6. The second kappa shape index (κ2) is 3.86. The molecule has 1 aromatic heterocycles. The van der Waals surface area contributed by atoms with Gasteiger partial charge in [0, 0.05) is 22.6 Å². The van der Waals surface area contributed by atoms with Crippen LogP contribution in [0.5, 0.6) is 0 Å². The number of rotatable bonds is 3. The predicted octanol–water partition coefficient (Wildman–Crippen LogP) is 1.95. The van der Waals surface area contributed by atoms with Gasteiger partial charge < -0.3 is 15.8 Å². The third-order valence-electron chi connectivity index (χ3n) is 3.85. The molecule has 1 aromatic carbocycles. The minimum absolute atomic E-state index is 0.141. The van der Waals surface area contributed by atoms with Gasteiger partial charge >= 0.3 is 0 Å². The van der Waals surface area contributed by atoms with E-state index < -0.39 is 0 Å². The third-order valence-corrected chi connectivity index (χ3v) is 3.85. The molecule has 2 aromatic rings. The SMILES string of the molecule is NC1(CCc2c[nH]c3ccccc23)CC(O)C1. The number of fused-ring (bicyclic) bond motifs is 1. The maximum atomic E-state index is 9.33. The number of aryl methyl sites for hydroxylation is 1.